The summed E-state index contributed by atoms with van der Waals surface area (Å²) >= 11 is 0. The molecule has 2 heterocycles. The highest BCUT2D eigenvalue weighted by Gasteiger charge is 2.35. The highest BCUT2D eigenvalue weighted by molar-refractivity contribution is 5.62. The molecule has 0 radical (unpaired) electrons. The van der Waals surface area contributed by atoms with E-state index in [0.717, 1.165) is 32.0 Å². The van der Waals surface area contributed by atoms with Crippen molar-refractivity contribution in [1.82, 2.24) is 15.1 Å². The average molecular weight is 367 g/mol. The molecule has 0 spiro atoms. The number of H-pyrrole nitrogens is 1. The van der Waals surface area contributed by atoms with Gasteiger partial charge in [0.05, 0.1) is 17.9 Å². The molecule has 0 amide bonds. The maximum Gasteiger partial charge on any atom is 0.419 e. The van der Waals surface area contributed by atoms with Crippen molar-refractivity contribution in [3.8, 4) is 17.0 Å². The van der Waals surface area contributed by atoms with E-state index >= 15 is 0 Å². The molecule has 8 heteroatoms. The number of aromatic amines is 1. The van der Waals surface area contributed by atoms with Gasteiger partial charge in [-0.3, -0.25) is 4.79 Å². The minimum atomic E-state index is -4.54. The van der Waals surface area contributed by atoms with Gasteiger partial charge in [-0.2, -0.15) is 18.3 Å². The molecule has 1 fully saturated rings. The van der Waals surface area contributed by atoms with E-state index in [0.29, 0.717) is 0 Å². The second kappa shape index (κ2) is 7.49. The third kappa shape index (κ3) is 4.43. The summed E-state index contributed by atoms with van der Waals surface area (Å²) in [6.45, 7) is 2.08. The molecule has 1 aliphatic heterocycles. The van der Waals surface area contributed by atoms with Crippen molar-refractivity contribution in [2.24, 2.45) is 5.92 Å². The number of benzene rings is 1. The van der Waals surface area contributed by atoms with Crippen LogP contribution in [0.25, 0.3) is 11.3 Å². The fourth-order valence-electron chi connectivity index (χ4n) is 3.16. The molecule has 0 aliphatic carbocycles. The molecule has 0 bridgehead atoms. The predicted octanol–water partition coefficient (Wildman–Crippen LogP) is 3.18. The zero-order valence-electron chi connectivity index (χ0n) is 14.3. The summed E-state index contributed by atoms with van der Waals surface area (Å²) in [4.78, 5) is 13.2. The minimum absolute atomic E-state index is 0.182. The topological polar surface area (TPSA) is 58.2 Å². The Bertz CT molecular complexity index is 800. The van der Waals surface area contributed by atoms with Crippen molar-refractivity contribution < 1.29 is 17.9 Å². The van der Waals surface area contributed by atoms with Crippen molar-refractivity contribution >= 4 is 0 Å². The van der Waals surface area contributed by atoms with Crippen LogP contribution >= 0.6 is 0 Å². The Morgan fingerprint density at radius 2 is 2.12 bits per heavy atom. The van der Waals surface area contributed by atoms with Gasteiger partial charge in [0.25, 0.3) is 5.56 Å². The molecule has 140 valence electrons. The van der Waals surface area contributed by atoms with Gasteiger partial charge in [0, 0.05) is 24.1 Å². The maximum absolute atomic E-state index is 13.5. The normalized spacial score (nSPS) is 18.7. The number of alkyl halides is 3. The van der Waals surface area contributed by atoms with Crippen LogP contribution < -0.4 is 10.3 Å². The van der Waals surface area contributed by atoms with E-state index in [1.807, 2.05) is 7.05 Å². The summed E-state index contributed by atoms with van der Waals surface area (Å²) in [7, 11) is 2.00. The molecule has 1 aromatic carbocycles. The van der Waals surface area contributed by atoms with Gasteiger partial charge in [0.15, 0.2) is 0 Å². The Kier molecular flexibility index (Phi) is 5.31. The molecule has 1 N–H and O–H groups in total. The fraction of sp³-hybridized carbons (Fsp3) is 0.444. The van der Waals surface area contributed by atoms with Crippen LogP contribution in [0.15, 0.2) is 35.1 Å². The van der Waals surface area contributed by atoms with Crippen molar-refractivity contribution in [2.45, 2.75) is 19.0 Å². The molecule has 1 unspecified atom stereocenters. The Labute approximate surface area is 148 Å². The largest absolute Gasteiger partial charge is 0.493 e. The van der Waals surface area contributed by atoms with Crippen LogP contribution in [-0.4, -0.2) is 41.8 Å². The molecule has 2 aromatic rings. The molecule has 1 saturated heterocycles. The number of likely N-dealkylation sites (tertiary alicyclic amines) is 1. The molecular formula is C18H20F3N3O2. The molecule has 5 nitrogen and oxygen atoms in total. The summed E-state index contributed by atoms with van der Waals surface area (Å²) < 4.78 is 45.9. The van der Waals surface area contributed by atoms with Gasteiger partial charge in [-0.1, -0.05) is 0 Å². The summed E-state index contributed by atoms with van der Waals surface area (Å²) in [5.74, 6) is 0.0364. The third-order valence-corrected chi connectivity index (χ3v) is 4.46. The molecule has 0 saturated carbocycles. The zero-order valence-corrected chi connectivity index (χ0v) is 14.3. The van der Waals surface area contributed by atoms with E-state index in [9.17, 15) is 18.0 Å². The van der Waals surface area contributed by atoms with Crippen LogP contribution in [0.2, 0.25) is 0 Å². The second-order valence-corrected chi connectivity index (χ2v) is 6.60. The van der Waals surface area contributed by atoms with Crippen LogP contribution in [-0.2, 0) is 6.18 Å². The number of nitrogens with one attached hydrogen (secondary N) is 1. The first-order valence-corrected chi connectivity index (χ1v) is 8.41. The van der Waals surface area contributed by atoms with Gasteiger partial charge in [-0.25, -0.2) is 5.10 Å². The Morgan fingerprint density at radius 3 is 2.77 bits per heavy atom. The summed E-state index contributed by atoms with van der Waals surface area (Å²) in [6, 6.07) is 6.44. The lowest BCUT2D eigenvalue weighted by Crippen LogP contribution is -2.34. The monoisotopic (exact) mass is 367 g/mol. The fourth-order valence-corrected chi connectivity index (χ4v) is 3.16. The van der Waals surface area contributed by atoms with Gasteiger partial charge in [0.2, 0.25) is 0 Å². The predicted molar refractivity (Wildman–Crippen MR) is 91.0 cm³/mol. The van der Waals surface area contributed by atoms with Crippen molar-refractivity contribution in [3.05, 3.63) is 46.2 Å². The van der Waals surface area contributed by atoms with Gasteiger partial charge in [-0.05, 0) is 50.7 Å². The Hall–Kier alpha value is -2.35. The SMILES string of the molecule is CN1CCCC(COc2ccc(-c3ccc(=O)[nH]n3)cc2C(F)(F)F)C1. The number of aromatic nitrogens is 2. The number of piperidine rings is 1. The molecule has 1 atom stereocenters. The first-order chi connectivity index (χ1) is 12.3. The summed E-state index contributed by atoms with van der Waals surface area (Å²) in [6.07, 6.45) is -2.57. The quantitative estimate of drug-likeness (QED) is 0.902. The van der Waals surface area contributed by atoms with E-state index in [4.69, 9.17) is 4.74 Å². The van der Waals surface area contributed by atoms with Crippen LogP contribution in [0.5, 0.6) is 5.75 Å². The van der Waals surface area contributed by atoms with E-state index in [2.05, 4.69) is 15.1 Å². The number of halogens is 3. The lowest BCUT2D eigenvalue weighted by atomic mass is 9.99. The number of ether oxygens (including phenoxy) is 1. The van der Waals surface area contributed by atoms with Crippen LogP contribution in [0.1, 0.15) is 18.4 Å². The van der Waals surface area contributed by atoms with Crippen LogP contribution in [0, 0.1) is 5.92 Å². The van der Waals surface area contributed by atoms with Gasteiger partial charge in [-0.15, -0.1) is 0 Å². The lowest BCUT2D eigenvalue weighted by molar-refractivity contribution is -0.139. The van der Waals surface area contributed by atoms with Gasteiger partial charge in [0.1, 0.15) is 5.75 Å². The van der Waals surface area contributed by atoms with E-state index in [-0.39, 0.29) is 29.5 Å². The highest BCUT2D eigenvalue weighted by atomic mass is 19.4. The molecule has 26 heavy (non-hydrogen) atoms. The van der Waals surface area contributed by atoms with E-state index in [1.54, 1.807) is 0 Å². The first kappa shape index (κ1) is 18.4. The maximum atomic E-state index is 13.5. The zero-order chi connectivity index (χ0) is 18.7. The molecule has 1 aliphatic rings. The smallest absolute Gasteiger partial charge is 0.419 e. The number of hydrogen-bond donors (Lipinski definition) is 1. The van der Waals surface area contributed by atoms with Gasteiger partial charge < -0.3 is 9.64 Å². The Morgan fingerprint density at radius 1 is 1.31 bits per heavy atom. The third-order valence-electron chi connectivity index (χ3n) is 4.46. The molecule has 3 rings (SSSR count). The van der Waals surface area contributed by atoms with Crippen molar-refractivity contribution in [3.63, 3.8) is 0 Å². The van der Waals surface area contributed by atoms with Crippen molar-refractivity contribution in [1.29, 1.82) is 0 Å². The summed E-state index contributed by atoms with van der Waals surface area (Å²) in [5, 5.41) is 6.00. The number of nitrogens with zero attached hydrogens (tertiary/aromatic N) is 2. The minimum Gasteiger partial charge on any atom is -0.493 e. The highest BCUT2D eigenvalue weighted by Crippen LogP contribution is 2.38. The molecular weight excluding hydrogens is 347 g/mol. The van der Waals surface area contributed by atoms with Crippen LogP contribution in [0.4, 0.5) is 13.2 Å². The second-order valence-electron chi connectivity index (χ2n) is 6.60. The number of hydrogen-bond acceptors (Lipinski definition) is 4. The Balaban J connectivity index is 1.83. The van der Waals surface area contributed by atoms with Gasteiger partial charge >= 0.3 is 6.18 Å². The first-order valence-electron chi connectivity index (χ1n) is 8.41. The number of rotatable bonds is 4. The van der Waals surface area contributed by atoms with E-state index in [1.165, 1.54) is 24.3 Å². The average Bonchev–Trinajstić information content (AvgIpc) is 2.60. The lowest BCUT2D eigenvalue weighted by Gasteiger charge is -2.29. The standard InChI is InChI=1S/C18H20F3N3O2/c1-24-8-2-3-12(10-24)11-26-16-6-4-13(9-14(16)18(19,20)21)15-5-7-17(25)23-22-15/h4-7,9,12H,2-3,8,10-11H2,1H3,(H,23,25). The summed E-state index contributed by atoms with van der Waals surface area (Å²) in [5.41, 5.74) is -0.733. The van der Waals surface area contributed by atoms with E-state index < -0.39 is 17.3 Å². The molecule has 1 aromatic heterocycles. The van der Waals surface area contributed by atoms with Crippen LogP contribution in [0.3, 0.4) is 0 Å². The van der Waals surface area contributed by atoms with Crippen molar-refractivity contribution in [2.75, 3.05) is 26.7 Å².